The Morgan fingerprint density at radius 2 is 2.25 bits per heavy atom. The summed E-state index contributed by atoms with van der Waals surface area (Å²) < 4.78 is 0. The molecule has 0 aliphatic carbocycles. The molecule has 0 aromatic carbocycles. The van der Waals surface area contributed by atoms with Gasteiger partial charge < -0.3 is 4.90 Å². The average molecular weight is 238 g/mol. The van der Waals surface area contributed by atoms with E-state index in [4.69, 9.17) is 0 Å². The SMILES string of the molecule is CS[C@@H](C)CCN(C)Cc1ncccc1C. The molecule has 2 nitrogen and oxygen atoms in total. The summed E-state index contributed by atoms with van der Waals surface area (Å²) in [6, 6.07) is 4.12. The molecule has 0 saturated heterocycles. The minimum Gasteiger partial charge on any atom is -0.300 e. The molecule has 0 aliphatic rings. The maximum absolute atomic E-state index is 4.42. The number of hydrogen-bond donors (Lipinski definition) is 0. The van der Waals surface area contributed by atoms with Gasteiger partial charge >= 0.3 is 0 Å². The molecular weight excluding hydrogens is 216 g/mol. The van der Waals surface area contributed by atoms with E-state index in [-0.39, 0.29) is 0 Å². The standard InChI is InChI=1S/C13H22N2S/c1-11-6-5-8-14-13(11)10-15(3)9-7-12(2)16-4/h5-6,8,12H,7,9-10H2,1-4H3/t12-/m0/s1. The van der Waals surface area contributed by atoms with Crippen molar-refractivity contribution in [2.24, 2.45) is 0 Å². The van der Waals surface area contributed by atoms with Gasteiger partial charge in [-0.05, 0) is 44.8 Å². The maximum Gasteiger partial charge on any atom is 0.0572 e. The number of nitrogens with zero attached hydrogens (tertiary/aromatic N) is 2. The Morgan fingerprint density at radius 3 is 2.88 bits per heavy atom. The Labute approximate surface area is 103 Å². The van der Waals surface area contributed by atoms with E-state index in [1.54, 1.807) is 0 Å². The van der Waals surface area contributed by atoms with E-state index >= 15 is 0 Å². The van der Waals surface area contributed by atoms with Crippen LogP contribution in [0.2, 0.25) is 0 Å². The summed E-state index contributed by atoms with van der Waals surface area (Å²) in [4.78, 5) is 6.77. The van der Waals surface area contributed by atoms with Crippen LogP contribution >= 0.6 is 11.8 Å². The first-order chi connectivity index (χ1) is 7.63. The zero-order chi connectivity index (χ0) is 12.0. The molecule has 1 atom stereocenters. The Morgan fingerprint density at radius 1 is 1.50 bits per heavy atom. The number of pyridine rings is 1. The van der Waals surface area contributed by atoms with Crippen LogP contribution in [-0.2, 0) is 6.54 Å². The lowest BCUT2D eigenvalue weighted by molar-refractivity contribution is 0.318. The second-order valence-corrected chi connectivity index (χ2v) is 5.62. The van der Waals surface area contributed by atoms with E-state index in [1.165, 1.54) is 17.7 Å². The highest BCUT2D eigenvalue weighted by Gasteiger charge is 2.06. The largest absolute Gasteiger partial charge is 0.300 e. The summed E-state index contributed by atoms with van der Waals surface area (Å²) in [5.41, 5.74) is 2.48. The Kier molecular flexibility index (Phi) is 5.85. The fourth-order valence-electron chi connectivity index (χ4n) is 1.54. The van der Waals surface area contributed by atoms with Gasteiger partial charge in [-0.3, -0.25) is 4.98 Å². The van der Waals surface area contributed by atoms with E-state index in [1.807, 2.05) is 24.0 Å². The van der Waals surface area contributed by atoms with Crippen LogP contribution in [-0.4, -0.2) is 35.0 Å². The highest BCUT2D eigenvalue weighted by atomic mass is 32.2. The molecule has 1 heterocycles. The minimum absolute atomic E-state index is 0.743. The number of rotatable bonds is 6. The highest BCUT2D eigenvalue weighted by molar-refractivity contribution is 7.99. The molecule has 90 valence electrons. The van der Waals surface area contributed by atoms with Crippen LogP contribution in [0.4, 0.5) is 0 Å². The molecule has 0 aliphatic heterocycles. The second kappa shape index (κ2) is 6.92. The molecule has 1 aromatic rings. The summed E-state index contributed by atoms with van der Waals surface area (Å²) >= 11 is 1.93. The maximum atomic E-state index is 4.42. The second-order valence-electron chi connectivity index (χ2n) is 4.34. The number of aryl methyl sites for hydroxylation is 1. The number of aromatic nitrogens is 1. The van der Waals surface area contributed by atoms with Gasteiger partial charge in [0.2, 0.25) is 0 Å². The molecule has 0 N–H and O–H groups in total. The van der Waals surface area contributed by atoms with Gasteiger partial charge in [-0.25, -0.2) is 0 Å². The van der Waals surface area contributed by atoms with Crippen LogP contribution in [0.1, 0.15) is 24.6 Å². The fourth-order valence-corrected chi connectivity index (χ4v) is 1.88. The van der Waals surface area contributed by atoms with Gasteiger partial charge in [0.1, 0.15) is 0 Å². The van der Waals surface area contributed by atoms with Gasteiger partial charge in [0.25, 0.3) is 0 Å². The lowest BCUT2D eigenvalue weighted by Gasteiger charge is -2.18. The van der Waals surface area contributed by atoms with Gasteiger partial charge in [-0.15, -0.1) is 0 Å². The Hall–Kier alpha value is -0.540. The average Bonchev–Trinajstić information content (AvgIpc) is 2.29. The molecule has 0 spiro atoms. The van der Waals surface area contributed by atoms with E-state index in [2.05, 4.69) is 43.1 Å². The minimum atomic E-state index is 0.743. The van der Waals surface area contributed by atoms with E-state index < -0.39 is 0 Å². The lowest BCUT2D eigenvalue weighted by Crippen LogP contribution is -2.22. The van der Waals surface area contributed by atoms with Gasteiger partial charge in [0, 0.05) is 18.0 Å². The summed E-state index contributed by atoms with van der Waals surface area (Å²) in [6.07, 6.45) is 5.29. The quantitative estimate of drug-likeness (QED) is 0.758. The monoisotopic (exact) mass is 238 g/mol. The summed E-state index contributed by atoms with van der Waals surface area (Å²) in [5, 5.41) is 0.743. The van der Waals surface area contributed by atoms with Crippen molar-refractivity contribution < 1.29 is 0 Å². The molecule has 0 amide bonds. The molecule has 1 aromatic heterocycles. The zero-order valence-corrected chi connectivity index (χ0v) is 11.5. The summed E-state index contributed by atoms with van der Waals surface area (Å²) in [7, 11) is 2.17. The van der Waals surface area contributed by atoms with Gasteiger partial charge in [-0.1, -0.05) is 13.0 Å². The molecule has 0 unspecified atom stereocenters. The van der Waals surface area contributed by atoms with Crippen LogP contribution in [0, 0.1) is 6.92 Å². The van der Waals surface area contributed by atoms with Crippen LogP contribution in [0.25, 0.3) is 0 Å². The third-order valence-electron chi connectivity index (χ3n) is 2.86. The van der Waals surface area contributed by atoms with Gasteiger partial charge in [0.05, 0.1) is 5.69 Å². The van der Waals surface area contributed by atoms with Crippen molar-refractivity contribution in [3.05, 3.63) is 29.6 Å². The lowest BCUT2D eigenvalue weighted by atomic mass is 10.2. The molecule has 0 saturated carbocycles. The molecule has 16 heavy (non-hydrogen) atoms. The smallest absolute Gasteiger partial charge is 0.0572 e. The van der Waals surface area contributed by atoms with Crippen LogP contribution in [0.5, 0.6) is 0 Å². The molecule has 0 radical (unpaired) electrons. The number of hydrogen-bond acceptors (Lipinski definition) is 3. The van der Waals surface area contributed by atoms with Crippen LogP contribution in [0.3, 0.4) is 0 Å². The van der Waals surface area contributed by atoms with Gasteiger partial charge in [0.15, 0.2) is 0 Å². The highest BCUT2D eigenvalue weighted by Crippen LogP contribution is 2.11. The Bertz CT molecular complexity index is 315. The summed E-state index contributed by atoms with van der Waals surface area (Å²) in [6.45, 7) is 6.50. The van der Waals surface area contributed by atoms with Crippen molar-refractivity contribution in [1.29, 1.82) is 0 Å². The molecule has 3 heteroatoms. The summed E-state index contributed by atoms with van der Waals surface area (Å²) in [5.74, 6) is 0. The van der Waals surface area contributed by atoms with Crippen molar-refractivity contribution in [1.82, 2.24) is 9.88 Å². The number of thioether (sulfide) groups is 1. The van der Waals surface area contributed by atoms with Crippen molar-refractivity contribution in [3.63, 3.8) is 0 Å². The fraction of sp³-hybridized carbons (Fsp3) is 0.615. The molecular formula is C13H22N2S. The van der Waals surface area contributed by atoms with Crippen LogP contribution < -0.4 is 0 Å². The van der Waals surface area contributed by atoms with Crippen molar-refractivity contribution in [2.75, 3.05) is 19.8 Å². The molecule has 0 fully saturated rings. The van der Waals surface area contributed by atoms with E-state index in [0.717, 1.165) is 18.3 Å². The van der Waals surface area contributed by atoms with Crippen molar-refractivity contribution >= 4 is 11.8 Å². The predicted molar refractivity (Wildman–Crippen MR) is 72.9 cm³/mol. The zero-order valence-electron chi connectivity index (χ0n) is 10.7. The third kappa shape index (κ3) is 4.54. The first-order valence-corrected chi connectivity index (χ1v) is 7.04. The van der Waals surface area contributed by atoms with Crippen LogP contribution in [0.15, 0.2) is 18.3 Å². The van der Waals surface area contributed by atoms with E-state index in [9.17, 15) is 0 Å². The Balaban J connectivity index is 2.40. The topological polar surface area (TPSA) is 16.1 Å². The first kappa shape index (κ1) is 13.5. The van der Waals surface area contributed by atoms with Crippen molar-refractivity contribution in [3.8, 4) is 0 Å². The van der Waals surface area contributed by atoms with Crippen molar-refractivity contribution in [2.45, 2.75) is 32.1 Å². The molecule has 0 bridgehead atoms. The predicted octanol–water partition coefficient (Wildman–Crippen LogP) is 2.96. The van der Waals surface area contributed by atoms with Gasteiger partial charge in [-0.2, -0.15) is 11.8 Å². The molecule has 1 rings (SSSR count). The van der Waals surface area contributed by atoms with E-state index in [0.29, 0.717) is 0 Å². The third-order valence-corrected chi connectivity index (χ3v) is 3.90. The first-order valence-electron chi connectivity index (χ1n) is 5.75. The normalized spacial score (nSPS) is 13.1.